The van der Waals surface area contributed by atoms with Gasteiger partial charge in [-0.2, -0.15) is 0 Å². The standard InChI is InChI=1S/C52H35NO2/c1-2-13-35(14-3-1)40-17-6-9-21-46(40)53(39-28-25-34(26-29-39)38-27-30-43-42-19-8-11-23-48(42)54-50(43)33-38)47-22-10-7-18-41(47)44-20-12-24-49-52(44)45-31-36-15-4-5-16-37(36)32-51(45)55-49/h1-25,27-34H,26H2. The van der Waals surface area contributed by atoms with Crippen molar-refractivity contribution in [3.05, 3.63) is 205 Å². The predicted octanol–water partition coefficient (Wildman–Crippen LogP) is 14.7. The molecule has 1 aliphatic carbocycles. The number of fused-ring (bicyclic) bond motifs is 7. The van der Waals surface area contributed by atoms with Crippen LogP contribution in [0.5, 0.6) is 0 Å². The van der Waals surface area contributed by atoms with Crippen LogP contribution in [0, 0.1) is 0 Å². The number of furan rings is 2. The molecule has 3 heteroatoms. The third-order valence-electron chi connectivity index (χ3n) is 11.2. The van der Waals surface area contributed by atoms with E-state index in [1.165, 1.54) is 27.5 Å². The quantitative estimate of drug-likeness (QED) is 0.172. The van der Waals surface area contributed by atoms with E-state index < -0.39 is 0 Å². The van der Waals surface area contributed by atoms with E-state index in [0.29, 0.717) is 0 Å². The van der Waals surface area contributed by atoms with Crippen LogP contribution >= 0.6 is 0 Å². The fourth-order valence-electron chi connectivity index (χ4n) is 8.57. The van der Waals surface area contributed by atoms with Crippen molar-refractivity contribution >= 4 is 66.0 Å². The number of hydrogen-bond donors (Lipinski definition) is 0. The molecule has 0 saturated heterocycles. The summed E-state index contributed by atoms with van der Waals surface area (Å²) >= 11 is 0. The fraction of sp³-hybridized carbons (Fsp3) is 0.0385. The largest absolute Gasteiger partial charge is 0.456 e. The molecule has 260 valence electrons. The number of anilines is 2. The normalized spacial score (nSPS) is 14.3. The minimum absolute atomic E-state index is 0.226. The number of hydrogen-bond acceptors (Lipinski definition) is 3. The molecular weight excluding hydrogens is 671 g/mol. The van der Waals surface area contributed by atoms with Crippen LogP contribution < -0.4 is 4.90 Å². The molecule has 3 nitrogen and oxygen atoms in total. The second kappa shape index (κ2) is 12.8. The molecular formula is C52H35NO2. The van der Waals surface area contributed by atoms with Crippen LogP contribution in [-0.2, 0) is 0 Å². The average Bonchev–Trinajstić information content (AvgIpc) is 3.81. The number of para-hydroxylation sites is 3. The van der Waals surface area contributed by atoms with E-state index in [9.17, 15) is 0 Å². The first kappa shape index (κ1) is 31.4. The Kier molecular flexibility index (Phi) is 7.31. The summed E-state index contributed by atoms with van der Waals surface area (Å²) in [4.78, 5) is 2.45. The highest BCUT2D eigenvalue weighted by atomic mass is 16.3. The second-order valence-corrected chi connectivity index (χ2v) is 14.4. The predicted molar refractivity (Wildman–Crippen MR) is 229 cm³/mol. The molecule has 2 aromatic heterocycles. The van der Waals surface area contributed by atoms with E-state index in [4.69, 9.17) is 8.83 Å². The van der Waals surface area contributed by atoms with Gasteiger partial charge in [-0.05, 0) is 82.4 Å². The molecule has 10 aromatic rings. The highest BCUT2D eigenvalue weighted by molar-refractivity contribution is 6.16. The molecule has 0 spiro atoms. The van der Waals surface area contributed by atoms with E-state index in [1.807, 2.05) is 12.1 Å². The van der Waals surface area contributed by atoms with Gasteiger partial charge in [0, 0.05) is 44.3 Å². The lowest BCUT2D eigenvalue weighted by atomic mass is 9.90. The molecule has 0 fully saturated rings. The molecule has 0 amide bonds. The summed E-state index contributed by atoms with van der Waals surface area (Å²) in [5.74, 6) is 0.226. The summed E-state index contributed by atoms with van der Waals surface area (Å²) in [5, 5.41) is 6.93. The van der Waals surface area contributed by atoms with Crippen LogP contribution in [0.2, 0.25) is 0 Å². The Morgan fingerprint density at radius 2 is 1.09 bits per heavy atom. The van der Waals surface area contributed by atoms with Gasteiger partial charge in [-0.3, -0.25) is 0 Å². The van der Waals surface area contributed by atoms with E-state index >= 15 is 0 Å². The van der Waals surface area contributed by atoms with Gasteiger partial charge in [0.05, 0.1) is 11.4 Å². The van der Waals surface area contributed by atoms with Crippen molar-refractivity contribution in [3.63, 3.8) is 0 Å². The summed E-state index contributed by atoms with van der Waals surface area (Å²) in [6.07, 6.45) is 7.91. The van der Waals surface area contributed by atoms with Crippen molar-refractivity contribution in [1.29, 1.82) is 0 Å². The summed E-state index contributed by atoms with van der Waals surface area (Å²) < 4.78 is 12.8. The van der Waals surface area contributed by atoms with Crippen molar-refractivity contribution in [2.75, 3.05) is 4.90 Å². The van der Waals surface area contributed by atoms with E-state index in [1.54, 1.807) is 0 Å². The van der Waals surface area contributed by atoms with E-state index in [-0.39, 0.29) is 5.92 Å². The van der Waals surface area contributed by atoms with Gasteiger partial charge in [-0.15, -0.1) is 0 Å². The van der Waals surface area contributed by atoms with Gasteiger partial charge in [0.1, 0.15) is 22.3 Å². The number of benzene rings is 8. The highest BCUT2D eigenvalue weighted by Crippen LogP contribution is 2.47. The van der Waals surface area contributed by atoms with Crippen molar-refractivity contribution in [2.24, 2.45) is 0 Å². The van der Waals surface area contributed by atoms with Crippen LogP contribution in [0.15, 0.2) is 209 Å². The van der Waals surface area contributed by atoms with Crippen molar-refractivity contribution in [3.8, 4) is 22.3 Å². The molecule has 0 saturated carbocycles. The van der Waals surface area contributed by atoms with E-state index in [2.05, 4.69) is 187 Å². The Labute approximate surface area is 318 Å². The van der Waals surface area contributed by atoms with Crippen molar-refractivity contribution in [2.45, 2.75) is 12.3 Å². The van der Waals surface area contributed by atoms with Crippen LogP contribution in [0.1, 0.15) is 17.9 Å². The number of rotatable bonds is 6. The van der Waals surface area contributed by atoms with Gasteiger partial charge in [-0.1, -0.05) is 146 Å². The molecule has 1 unspecified atom stereocenters. The Bertz CT molecular complexity index is 3140. The third-order valence-corrected chi connectivity index (χ3v) is 11.2. The topological polar surface area (TPSA) is 29.5 Å². The van der Waals surface area contributed by atoms with Gasteiger partial charge in [0.15, 0.2) is 0 Å². The summed E-state index contributed by atoms with van der Waals surface area (Å²) in [6, 6.07) is 62.6. The first-order valence-electron chi connectivity index (χ1n) is 18.9. The molecule has 0 N–H and O–H groups in total. The van der Waals surface area contributed by atoms with Crippen LogP contribution in [0.25, 0.3) is 76.9 Å². The lowest BCUT2D eigenvalue weighted by molar-refractivity contribution is 0.667. The Morgan fingerprint density at radius 1 is 0.455 bits per heavy atom. The van der Waals surface area contributed by atoms with Gasteiger partial charge < -0.3 is 13.7 Å². The molecule has 8 aromatic carbocycles. The molecule has 0 radical (unpaired) electrons. The summed E-state index contributed by atoms with van der Waals surface area (Å²) in [5.41, 5.74) is 12.9. The molecule has 2 heterocycles. The van der Waals surface area contributed by atoms with Gasteiger partial charge >= 0.3 is 0 Å². The van der Waals surface area contributed by atoms with E-state index in [0.717, 1.165) is 78.5 Å². The monoisotopic (exact) mass is 705 g/mol. The zero-order chi connectivity index (χ0) is 36.3. The van der Waals surface area contributed by atoms with Gasteiger partial charge in [0.25, 0.3) is 0 Å². The number of allylic oxidation sites excluding steroid dienone is 3. The minimum Gasteiger partial charge on any atom is -0.456 e. The molecule has 11 rings (SSSR count). The van der Waals surface area contributed by atoms with Crippen molar-refractivity contribution < 1.29 is 8.83 Å². The first-order chi connectivity index (χ1) is 27.3. The van der Waals surface area contributed by atoms with Gasteiger partial charge in [0.2, 0.25) is 0 Å². The lowest BCUT2D eigenvalue weighted by Gasteiger charge is -2.32. The van der Waals surface area contributed by atoms with Gasteiger partial charge in [-0.25, -0.2) is 0 Å². The minimum atomic E-state index is 0.226. The van der Waals surface area contributed by atoms with Crippen LogP contribution in [-0.4, -0.2) is 0 Å². The van der Waals surface area contributed by atoms with Crippen LogP contribution in [0.3, 0.4) is 0 Å². The maximum Gasteiger partial charge on any atom is 0.136 e. The molecule has 0 bridgehead atoms. The maximum atomic E-state index is 6.56. The summed E-state index contributed by atoms with van der Waals surface area (Å²) in [6.45, 7) is 0. The Balaban J connectivity index is 1.07. The molecule has 55 heavy (non-hydrogen) atoms. The Morgan fingerprint density at radius 3 is 1.93 bits per heavy atom. The third kappa shape index (κ3) is 5.27. The lowest BCUT2D eigenvalue weighted by Crippen LogP contribution is -2.19. The molecule has 1 aliphatic rings. The highest BCUT2D eigenvalue weighted by Gasteiger charge is 2.25. The summed E-state index contributed by atoms with van der Waals surface area (Å²) in [7, 11) is 0. The first-order valence-corrected chi connectivity index (χ1v) is 18.9. The smallest absolute Gasteiger partial charge is 0.136 e. The molecule has 1 atom stereocenters. The average molecular weight is 706 g/mol. The molecule has 0 aliphatic heterocycles. The zero-order valence-corrected chi connectivity index (χ0v) is 30.0. The zero-order valence-electron chi connectivity index (χ0n) is 30.0. The second-order valence-electron chi connectivity index (χ2n) is 14.4. The SMILES string of the molecule is C1=CC(c2ccc3c(c2)oc2ccccc23)CC=C1N(c1ccccc1-c1ccccc1)c1ccccc1-c1cccc2oc3cc4ccccc4cc3c12. The maximum absolute atomic E-state index is 6.56. The number of nitrogens with zero attached hydrogens (tertiary/aromatic N) is 1. The fourth-order valence-corrected chi connectivity index (χ4v) is 8.57. The van der Waals surface area contributed by atoms with Crippen molar-refractivity contribution in [1.82, 2.24) is 0 Å². The van der Waals surface area contributed by atoms with Crippen LogP contribution in [0.4, 0.5) is 11.4 Å². The Hall–Kier alpha value is -7.10.